The number of rotatable bonds is 5. The SMILES string of the molecule is CC(C)C(C)CNCc1cc(F)cc(C(F)(F)F)c1. The molecule has 0 aromatic heterocycles. The average molecular weight is 277 g/mol. The molecule has 0 radical (unpaired) electrons. The van der Waals surface area contributed by atoms with Crippen molar-refractivity contribution in [3.05, 3.63) is 35.1 Å². The molecule has 0 saturated carbocycles. The molecule has 1 N–H and O–H groups in total. The van der Waals surface area contributed by atoms with Gasteiger partial charge < -0.3 is 5.32 Å². The van der Waals surface area contributed by atoms with E-state index in [0.717, 1.165) is 12.1 Å². The van der Waals surface area contributed by atoms with Crippen LogP contribution < -0.4 is 5.32 Å². The number of hydrogen-bond donors (Lipinski definition) is 1. The van der Waals surface area contributed by atoms with Gasteiger partial charge in [-0.2, -0.15) is 13.2 Å². The molecular formula is C14H19F4N. The molecular weight excluding hydrogens is 258 g/mol. The topological polar surface area (TPSA) is 12.0 Å². The third kappa shape index (κ3) is 5.19. The van der Waals surface area contributed by atoms with Crippen molar-refractivity contribution in [2.24, 2.45) is 11.8 Å². The predicted molar refractivity (Wildman–Crippen MR) is 67.1 cm³/mol. The van der Waals surface area contributed by atoms with Crippen molar-refractivity contribution in [1.29, 1.82) is 0 Å². The van der Waals surface area contributed by atoms with Crippen LogP contribution in [-0.4, -0.2) is 6.54 Å². The van der Waals surface area contributed by atoms with Gasteiger partial charge in [-0.1, -0.05) is 20.8 Å². The molecule has 19 heavy (non-hydrogen) atoms. The molecule has 0 aliphatic rings. The van der Waals surface area contributed by atoms with Crippen LogP contribution in [0.15, 0.2) is 18.2 Å². The molecule has 1 rings (SSSR count). The molecule has 108 valence electrons. The Bertz CT molecular complexity index is 412. The third-order valence-corrected chi connectivity index (χ3v) is 3.22. The van der Waals surface area contributed by atoms with E-state index in [2.05, 4.69) is 26.1 Å². The second-order valence-corrected chi connectivity index (χ2v) is 5.20. The van der Waals surface area contributed by atoms with E-state index in [-0.39, 0.29) is 6.54 Å². The summed E-state index contributed by atoms with van der Waals surface area (Å²) in [5, 5.41) is 3.05. The van der Waals surface area contributed by atoms with E-state index in [1.54, 1.807) is 0 Å². The summed E-state index contributed by atoms with van der Waals surface area (Å²) >= 11 is 0. The zero-order valence-corrected chi connectivity index (χ0v) is 11.3. The largest absolute Gasteiger partial charge is 0.416 e. The highest BCUT2D eigenvalue weighted by atomic mass is 19.4. The van der Waals surface area contributed by atoms with Gasteiger partial charge in [0.2, 0.25) is 0 Å². The van der Waals surface area contributed by atoms with Crippen LogP contribution in [0, 0.1) is 17.7 Å². The first-order valence-electron chi connectivity index (χ1n) is 6.27. The lowest BCUT2D eigenvalue weighted by Crippen LogP contribution is -2.24. The van der Waals surface area contributed by atoms with E-state index in [1.165, 1.54) is 0 Å². The van der Waals surface area contributed by atoms with Crippen LogP contribution in [0.1, 0.15) is 31.9 Å². The molecule has 0 bridgehead atoms. The molecule has 1 nitrogen and oxygen atoms in total. The van der Waals surface area contributed by atoms with Crippen molar-refractivity contribution >= 4 is 0 Å². The number of alkyl halides is 3. The smallest absolute Gasteiger partial charge is 0.312 e. The van der Waals surface area contributed by atoms with Crippen LogP contribution in [0.2, 0.25) is 0 Å². The van der Waals surface area contributed by atoms with Gasteiger partial charge in [0.25, 0.3) is 0 Å². The van der Waals surface area contributed by atoms with Gasteiger partial charge in [-0.25, -0.2) is 4.39 Å². The molecule has 0 aliphatic carbocycles. The van der Waals surface area contributed by atoms with Crippen molar-refractivity contribution in [2.45, 2.75) is 33.5 Å². The maximum Gasteiger partial charge on any atom is 0.416 e. The Kier molecular flexibility index (Phi) is 5.35. The monoisotopic (exact) mass is 277 g/mol. The second-order valence-electron chi connectivity index (χ2n) is 5.20. The lowest BCUT2D eigenvalue weighted by atomic mass is 9.98. The standard InChI is InChI=1S/C14H19F4N/c1-9(2)10(3)7-19-8-11-4-12(14(16,17)18)6-13(15)5-11/h4-6,9-10,19H,7-8H2,1-3H3. The summed E-state index contributed by atoms with van der Waals surface area (Å²) < 4.78 is 50.7. The Morgan fingerprint density at radius 3 is 2.26 bits per heavy atom. The summed E-state index contributed by atoms with van der Waals surface area (Å²) in [6.07, 6.45) is -4.51. The zero-order chi connectivity index (χ0) is 14.6. The fraction of sp³-hybridized carbons (Fsp3) is 0.571. The number of nitrogens with one attached hydrogen (secondary N) is 1. The van der Waals surface area contributed by atoms with Crippen molar-refractivity contribution in [1.82, 2.24) is 5.32 Å². The average Bonchev–Trinajstić information content (AvgIpc) is 2.26. The van der Waals surface area contributed by atoms with Gasteiger partial charge in [-0.3, -0.25) is 0 Å². The van der Waals surface area contributed by atoms with Crippen LogP contribution in [0.25, 0.3) is 0 Å². The van der Waals surface area contributed by atoms with Gasteiger partial charge in [-0.05, 0) is 42.1 Å². The Morgan fingerprint density at radius 1 is 1.11 bits per heavy atom. The number of benzene rings is 1. The van der Waals surface area contributed by atoms with Crippen molar-refractivity contribution < 1.29 is 17.6 Å². The van der Waals surface area contributed by atoms with Crippen LogP contribution in [0.5, 0.6) is 0 Å². The third-order valence-electron chi connectivity index (χ3n) is 3.22. The van der Waals surface area contributed by atoms with Gasteiger partial charge in [0, 0.05) is 6.54 Å². The minimum Gasteiger partial charge on any atom is -0.312 e. The van der Waals surface area contributed by atoms with E-state index in [4.69, 9.17) is 0 Å². The molecule has 1 aromatic rings. The minimum atomic E-state index is -4.51. The van der Waals surface area contributed by atoms with E-state index in [1.807, 2.05) is 0 Å². The van der Waals surface area contributed by atoms with Crippen LogP contribution in [-0.2, 0) is 12.7 Å². The molecule has 0 fully saturated rings. The maximum absolute atomic E-state index is 13.1. The summed E-state index contributed by atoms with van der Waals surface area (Å²) in [5.74, 6) is 0.0462. The first-order valence-corrected chi connectivity index (χ1v) is 6.27. The molecule has 1 unspecified atom stereocenters. The fourth-order valence-electron chi connectivity index (χ4n) is 1.60. The highest BCUT2D eigenvalue weighted by Crippen LogP contribution is 2.30. The lowest BCUT2D eigenvalue weighted by Gasteiger charge is -2.16. The molecule has 1 atom stereocenters. The molecule has 1 aromatic carbocycles. The molecule has 0 spiro atoms. The zero-order valence-electron chi connectivity index (χ0n) is 11.3. The Morgan fingerprint density at radius 2 is 1.74 bits per heavy atom. The van der Waals surface area contributed by atoms with Gasteiger partial charge in [-0.15, -0.1) is 0 Å². The van der Waals surface area contributed by atoms with Crippen molar-refractivity contribution in [3.63, 3.8) is 0 Å². The van der Waals surface area contributed by atoms with Crippen molar-refractivity contribution in [3.8, 4) is 0 Å². The van der Waals surface area contributed by atoms with Gasteiger partial charge in [0.05, 0.1) is 5.56 Å². The summed E-state index contributed by atoms with van der Waals surface area (Å²) in [5.41, 5.74) is -0.635. The van der Waals surface area contributed by atoms with E-state index in [9.17, 15) is 17.6 Å². The second kappa shape index (κ2) is 6.37. The van der Waals surface area contributed by atoms with E-state index < -0.39 is 17.6 Å². The lowest BCUT2D eigenvalue weighted by molar-refractivity contribution is -0.137. The molecule has 0 saturated heterocycles. The quantitative estimate of drug-likeness (QED) is 0.794. The summed E-state index contributed by atoms with van der Waals surface area (Å²) in [4.78, 5) is 0. The molecule has 0 aliphatic heterocycles. The van der Waals surface area contributed by atoms with Gasteiger partial charge in [0.1, 0.15) is 5.82 Å². The molecule has 0 amide bonds. The van der Waals surface area contributed by atoms with Crippen LogP contribution >= 0.6 is 0 Å². The summed E-state index contributed by atoms with van der Waals surface area (Å²) in [7, 11) is 0. The first-order chi connectivity index (χ1) is 8.70. The van der Waals surface area contributed by atoms with Gasteiger partial charge in [0.15, 0.2) is 0 Å². The normalized spacial score (nSPS) is 13.9. The first kappa shape index (κ1) is 16.0. The summed E-state index contributed by atoms with van der Waals surface area (Å²) in [6, 6.07) is 2.62. The molecule has 0 heterocycles. The maximum atomic E-state index is 13.1. The summed E-state index contributed by atoms with van der Waals surface area (Å²) in [6.45, 7) is 7.14. The highest BCUT2D eigenvalue weighted by molar-refractivity contribution is 5.26. The predicted octanol–water partition coefficient (Wildman–Crippen LogP) is 4.23. The Hall–Kier alpha value is -1.10. The number of hydrogen-bond acceptors (Lipinski definition) is 1. The fourth-order valence-corrected chi connectivity index (χ4v) is 1.60. The van der Waals surface area contributed by atoms with E-state index in [0.29, 0.717) is 30.0 Å². The van der Waals surface area contributed by atoms with E-state index >= 15 is 0 Å². The van der Waals surface area contributed by atoms with Crippen LogP contribution in [0.4, 0.5) is 17.6 Å². The Labute approximate surface area is 111 Å². The Balaban J connectivity index is 2.67. The minimum absolute atomic E-state index is 0.234. The van der Waals surface area contributed by atoms with Crippen LogP contribution in [0.3, 0.4) is 0 Å². The highest BCUT2D eigenvalue weighted by Gasteiger charge is 2.31. The van der Waals surface area contributed by atoms with Crippen molar-refractivity contribution in [2.75, 3.05) is 6.54 Å². The van der Waals surface area contributed by atoms with Gasteiger partial charge >= 0.3 is 6.18 Å². The number of halogens is 4. The molecule has 5 heteroatoms.